The second-order valence-electron chi connectivity index (χ2n) is 6.86. The Kier molecular flexibility index (Phi) is 5.94. The monoisotopic (exact) mass is 440 g/mol. The molecule has 5 nitrogen and oxygen atoms in total. The average Bonchev–Trinajstić information content (AvgIpc) is 2.84. The maximum atomic E-state index is 11.8. The largest absolute Gasteiger partial charge is 0.356 e. The molecule has 0 saturated carbocycles. The molecule has 0 radical (unpaired) electrons. The van der Waals surface area contributed by atoms with Crippen molar-refractivity contribution < 1.29 is 12.9 Å². The molecule has 2 rings (SSSR count). The maximum absolute atomic E-state index is 11.8. The molecule has 134 valence electrons. The third-order valence-corrected chi connectivity index (χ3v) is 5.31. The number of rotatable bonds is 4. The van der Waals surface area contributed by atoms with Crippen LogP contribution < -0.4 is 4.72 Å². The Balaban J connectivity index is 2.58. The molecule has 0 aliphatic heterocycles. The molecule has 25 heavy (non-hydrogen) atoms. The van der Waals surface area contributed by atoms with Gasteiger partial charge in [0.2, 0.25) is 10.0 Å². The summed E-state index contributed by atoms with van der Waals surface area (Å²) in [5, 5.41) is 4.03. The van der Waals surface area contributed by atoms with E-state index in [1.165, 1.54) is 0 Å². The zero-order valence-corrected chi connectivity index (χ0v) is 18.2. The van der Waals surface area contributed by atoms with Gasteiger partial charge in [0.05, 0.1) is 17.5 Å². The van der Waals surface area contributed by atoms with Crippen LogP contribution in [0.15, 0.2) is 33.3 Å². The molecule has 8 heteroatoms. The Morgan fingerprint density at radius 1 is 1.24 bits per heavy atom. The van der Waals surface area contributed by atoms with Crippen molar-refractivity contribution in [3.05, 3.63) is 40.0 Å². The number of nitrogens with zero attached hydrogens (tertiary/aromatic N) is 1. The second kappa shape index (κ2) is 7.46. The van der Waals surface area contributed by atoms with E-state index in [0.717, 1.165) is 16.3 Å². The van der Waals surface area contributed by atoms with Gasteiger partial charge >= 0.3 is 0 Å². The minimum Gasteiger partial charge on any atom is -0.356 e. The molecule has 0 spiro atoms. The number of sulfonamides is 1. The third-order valence-electron chi connectivity index (χ3n) is 3.23. The zero-order valence-electron chi connectivity index (χ0n) is 14.8. The van der Waals surface area contributed by atoms with E-state index < -0.39 is 24.1 Å². The summed E-state index contributed by atoms with van der Waals surface area (Å²) in [4.78, 5) is 0. The van der Waals surface area contributed by atoms with E-state index in [-0.39, 0.29) is 0 Å². The summed E-state index contributed by atoms with van der Waals surface area (Å²) in [5.41, 5.74) is 5.31. The lowest BCUT2D eigenvalue weighted by Gasteiger charge is -2.14. The van der Waals surface area contributed by atoms with Crippen LogP contribution in [0.25, 0.3) is 11.3 Å². The Morgan fingerprint density at radius 2 is 1.84 bits per heavy atom. The van der Waals surface area contributed by atoms with Gasteiger partial charge in [0, 0.05) is 10.0 Å². The number of aryl methyl sites for hydroxylation is 1. The van der Waals surface area contributed by atoms with E-state index in [0.29, 0.717) is 17.0 Å². The van der Waals surface area contributed by atoms with Crippen LogP contribution in [0.4, 0.5) is 0 Å². The van der Waals surface area contributed by atoms with Gasteiger partial charge in [0.1, 0.15) is 14.1 Å². The molecule has 0 aliphatic rings. The molecular formula is C17H21BrN2O3SSi. The number of hydrogen-bond donors (Lipinski definition) is 1. The lowest BCUT2D eigenvalue weighted by molar-refractivity contribution is 0.426. The lowest BCUT2D eigenvalue weighted by atomic mass is 10.0. The molecule has 1 N–H and O–H groups in total. The third kappa shape index (κ3) is 5.82. The quantitative estimate of drug-likeness (QED) is 0.577. The fourth-order valence-corrected chi connectivity index (χ4v) is 3.64. The van der Waals surface area contributed by atoms with Crippen molar-refractivity contribution in [2.75, 3.05) is 6.26 Å². The predicted octanol–water partition coefficient (Wildman–Crippen LogP) is 3.88. The van der Waals surface area contributed by atoms with Crippen molar-refractivity contribution in [1.29, 1.82) is 0 Å². The van der Waals surface area contributed by atoms with Crippen LogP contribution in [0, 0.1) is 18.4 Å². The van der Waals surface area contributed by atoms with Gasteiger partial charge in [-0.05, 0) is 19.1 Å². The van der Waals surface area contributed by atoms with Crippen molar-refractivity contribution >= 4 is 34.0 Å². The zero-order chi connectivity index (χ0) is 18.8. The van der Waals surface area contributed by atoms with Gasteiger partial charge in [-0.15, -0.1) is 5.54 Å². The van der Waals surface area contributed by atoms with E-state index in [4.69, 9.17) is 4.52 Å². The summed E-state index contributed by atoms with van der Waals surface area (Å²) >= 11 is 3.40. The SMILES string of the molecule is Cc1noc(-c2ccc(Br)cc2)c1C(C#C[Si](C)(C)C)NS(C)(=O)=O. The molecule has 0 fully saturated rings. The first-order valence-corrected chi connectivity index (χ1v) is 13.9. The summed E-state index contributed by atoms with van der Waals surface area (Å²) in [6.07, 6.45) is 1.12. The number of benzene rings is 1. The standard InChI is InChI=1S/C17H21BrN2O3SSi/c1-12-16(15(20-24(2,21)22)10-11-25(3,4)5)17(23-19-12)13-6-8-14(18)9-7-13/h6-9,15,20H,1-5H3. The highest BCUT2D eigenvalue weighted by Gasteiger charge is 2.25. The molecule has 1 aromatic heterocycles. The average molecular weight is 441 g/mol. The van der Waals surface area contributed by atoms with Gasteiger partial charge in [-0.3, -0.25) is 0 Å². The van der Waals surface area contributed by atoms with Gasteiger partial charge in [-0.2, -0.15) is 4.72 Å². The lowest BCUT2D eigenvalue weighted by Crippen LogP contribution is -2.28. The van der Waals surface area contributed by atoms with Crippen molar-refractivity contribution in [2.24, 2.45) is 0 Å². The van der Waals surface area contributed by atoms with Crippen molar-refractivity contribution in [3.8, 4) is 22.8 Å². The fraction of sp³-hybridized carbons (Fsp3) is 0.353. The van der Waals surface area contributed by atoms with Gasteiger partial charge < -0.3 is 4.52 Å². The molecule has 2 aromatic rings. The van der Waals surface area contributed by atoms with Crippen LogP contribution in [0.3, 0.4) is 0 Å². The minimum absolute atomic E-state index is 0.524. The summed E-state index contributed by atoms with van der Waals surface area (Å²) in [5.74, 6) is 3.62. The topological polar surface area (TPSA) is 72.2 Å². The van der Waals surface area contributed by atoms with Crippen LogP contribution in [-0.2, 0) is 10.0 Å². The van der Waals surface area contributed by atoms with E-state index in [2.05, 4.69) is 56.9 Å². The Bertz CT molecular complexity index is 920. The van der Waals surface area contributed by atoms with Crippen LogP contribution in [-0.4, -0.2) is 27.9 Å². The van der Waals surface area contributed by atoms with Gasteiger partial charge in [0.15, 0.2) is 5.76 Å². The molecule has 1 aromatic carbocycles. The Morgan fingerprint density at radius 3 is 2.36 bits per heavy atom. The molecule has 1 heterocycles. The molecular weight excluding hydrogens is 420 g/mol. The highest BCUT2D eigenvalue weighted by molar-refractivity contribution is 9.10. The minimum atomic E-state index is -3.45. The van der Waals surface area contributed by atoms with Crippen LogP contribution >= 0.6 is 15.9 Å². The normalized spacial score (nSPS) is 13.2. The van der Waals surface area contributed by atoms with Gasteiger partial charge in [-0.1, -0.05) is 58.8 Å². The van der Waals surface area contributed by atoms with Gasteiger partial charge in [-0.25, -0.2) is 8.42 Å². The van der Waals surface area contributed by atoms with E-state index in [1.54, 1.807) is 6.92 Å². The molecule has 0 saturated heterocycles. The first kappa shape index (κ1) is 19.9. The molecule has 1 unspecified atom stereocenters. The van der Waals surface area contributed by atoms with E-state index in [1.807, 2.05) is 24.3 Å². The van der Waals surface area contributed by atoms with E-state index >= 15 is 0 Å². The Labute approximate surface area is 158 Å². The number of hydrogen-bond acceptors (Lipinski definition) is 4. The molecule has 0 bridgehead atoms. The first-order chi connectivity index (χ1) is 11.5. The summed E-state index contributed by atoms with van der Waals surface area (Å²) in [6, 6.07) is 6.85. The molecule has 0 aliphatic carbocycles. The summed E-state index contributed by atoms with van der Waals surface area (Å²) < 4.78 is 32.7. The number of aromatic nitrogens is 1. The fourth-order valence-electron chi connectivity index (χ4n) is 2.19. The summed E-state index contributed by atoms with van der Waals surface area (Å²) in [7, 11) is -5.14. The smallest absolute Gasteiger partial charge is 0.210 e. The van der Waals surface area contributed by atoms with Crippen molar-refractivity contribution in [1.82, 2.24) is 9.88 Å². The van der Waals surface area contributed by atoms with Crippen LogP contribution in [0.2, 0.25) is 19.6 Å². The molecule has 1 atom stereocenters. The van der Waals surface area contributed by atoms with Crippen molar-refractivity contribution in [2.45, 2.75) is 32.6 Å². The second-order valence-corrected chi connectivity index (χ2v) is 14.3. The highest BCUT2D eigenvalue weighted by Crippen LogP contribution is 2.32. The summed E-state index contributed by atoms with van der Waals surface area (Å²) in [6.45, 7) is 8.10. The van der Waals surface area contributed by atoms with Crippen molar-refractivity contribution in [3.63, 3.8) is 0 Å². The maximum Gasteiger partial charge on any atom is 0.210 e. The van der Waals surface area contributed by atoms with E-state index in [9.17, 15) is 8.42 Å². The van der Waals surface area contributed by atoms with Crippen LogP contribution in [0.1, 0.15) is 17.3 Å². The van der Waals surface area contributed by atoms with Crippen LogP contribution in [0.5, 0.6) is 0 Å². The number of halogens is 1. The predicted molar refractivity (Wildman–Crippen MR) is 106 cm³/mol. The number of nitrogens with one attached hydrogen (secondary N) is 1. The highest BCUT2D eigenvalue weighted by atomic mass is 79.9. The molecule has 0 amide bonds. The first-order valence-electron chi connectivity index (χ1n) is 7.68. The Hall–Kier alpha value is -1.40. The van der Waals surface area contributed by atoms with Gasteiger partial charge in [0.25, 0.3) is 0 Å².